The second kappa shape index (κ2) is 12.8. The zero-order valence-corrected chi connectivity index (χ0v) is 20.1. The first-order valence-corrected chi connectivity index (χ1v) is 10.9. The summed E-state index contributed by atoms with van der Waals surface area (Å²) >= 11 is 12.3. The Balaban J connectivity index is 0.00000341. The molecule has 6 heteroatoms. The van der Waals surface area contributed by atoms with Crippen molar-refractivity contribution in [2.75, 3.05) is 7.11 Å². The molecule has 0 bridgehead atoms. The lowest BCUT2D eigenvalue weighted by Gasteiger charge is -2.21. The van der Waals surface area contributed by atoms with Gasteiger partial charge in [0.25, 0.3) is 0 Å². The fourth-order valence-electron chi connectivity index (χ4n) is 3.41. The smallest absolute Gasteiger partial charge is 0.166 e. The van der Waals surface area contributed by atoms with Crippen LogP contribution in [-0.2, 0) is 13.2 Å². The van der Waals surface area contributed by atoms with Gasteiger partial charge >= 0.3 is 0 Å². The van der Waals surface area contributed by atoms with E-state index in [1.807, 2.05) is 30.3 Å². The molecule has 3 aromatic rings. The van der Waals surface area contributed by atoms with Crippen LogP contribution in [0.25, 0.3) is 0 Å². The van der Waals surface area contributed by atoms with E-state index in [0.717, 1.165) is 29.7 Å². The molecule has 0 radical (unpaired) electrons. The quantitative estimate of drug-likeness (QED) is 0.323. The van der Waals surface area contributed by atoms with Crippen LogP contribution in [0.4, 0.5) is 0 Å². The van der Waals surface area contributed by atoms with Crippen molar-refractivity contribution in [1.29, 1.82) is 0 Å². The minimum absolute atomic E-state index is 0. The predicted molar refractivity (Wildman–Crippen MR) is 132 cm³/mol. The molecule has 1 N–H and O–H groups in total. The Labute approximate surface area is 201 Å². The number of hydrogen-bond acceptors (Lipinski definition) is 3. The first-order chi connectivity index (χ1) is 14.6. The first kappa shape index (κ1) is 25.4. The molecule has 0 fully saturated rings. The number of halogens is 3. The van der Waals surface area contributed by atoms with Crippen molar-refractivity contribution in [2.24, 2.45) is 0 Å². The molecule has 31 heavy (non-hydrogen) atoms. The maximum absolute atomic E-state index is 6.31. The van der Waals surface area contributed by atoms with Gasteiger partial charge in [-0.15, -0.1) is 12.4 Å². The Morgan fingerprint density at radius 1 is 0.935 bits per heavy atom. The fraction of sp³-hybridized carbons (Fsp3) is 0.280. The van der Waals surface area contributed by atoms with Crippen molar-refractivity contribution >= 4 is 35.6 Å². The van der Waals surface area contributed by atoms with Gasteiger partial charge in [-0.2, -0.15) is 0 Å². The van der Waals surface area contributed by atoms with Crippen LogP contribution in [0.1, 0.15) is 42.5 Å². The van der Waals surface area contributed by atoms with Gasteiger partial charge in [-0.05, 0) is 30.2 Å². The highest BCUT2D eigenvalue weighted by Crippen LogP contribution is 2.33. The van der Waals surface area contributed by atoms with E-state index < -0.39 is 0 Å². The number of para-hydroxylation sites is 1. The van der Waals surface area contributed by atoms with Crippen molar-refractivity contribution in [1.82, 2.24) is 5.32 Å². The average molecular weight is 481 g/mol. The topological polar surface area (TPSA) is 30.5 Å². The van der Waals surface area contributed by atoms with Crippen LogP contribution in [0.5, 0.6) is 11.5 Å². The highest BCUT2D eigenvalue weighted by Gasteiger charge is 2.15. The standard InChI is InChI=1S/C25H27Cl2NO2.ClH/c1-3-8-23(18-9-5-4-6-10-18)28-16-19-11-7-12-24(29-2)25(19)30-17-20-13-14-21(26)15-22(20)27;/h4-7,9-15,23,28H,3,8,16-17H2,1-2H3;1H. The zero-order valence-electron chi connectivity index (χ0n) is 17.7. The molecule has 3 rings (SSSR count). The largest absolute Gasteiger partial charge is 0.493 e. The molecule has 0 amide bonds. The number of ether oxygens (including phenoxy) is 2. The molecule has 0 saturated carbocycles. The van der Waals surface area contributed by atoms with E-state index in [4.69, 9.17) is 32.7 Å². The number of benzene rings is 3. The highest BCUT2D eigenvalue weighted by atomic mass is 35.5. The van der Waals surface area contributed by atoms with Gasteiger partial charge in [0.15, 0.2) is 11.5 Å². The van der Waals surface area contributed by atoms with Gasteiger partial charge in [-0.3, -0.25) is 0 Å². The molecular formula is C25H28Cl3NO2. The third-order valence-corrected chi connectivity index (χ3v) is 5.57. The third kappa shape index (κ3) is 7.05. The summed E-state index contributed by atoms with van der Waals surface area (Å²) in [5.41, 5.74) is 3.20. The molecule has 0 aliphatic rings. The van der Waals surface area contributed by atoms with Gasteiger partial charge in [-0.1, -0.05) is 85.1 Å². The lowest BCUT2D eigenvalue weighted by molar-refractivity contribution is 0.280. The Morgan fingerprint density at radius 2 is 1.71 bits per heavy atom. The van der Waals surface area contributed by atoms with E-state index in [1.165, 1.54) is 5.56 Å². The minimum atomic E-state index is 0. The third-order valence-electron chi connectivity index (χ3n) is 4.99. The van der Waals surface area contributed by atoms with E-state index in [2.05, 4.69) is 42.6 Å². The average Bonchev–Trinajstić information content (AvgIpc) is 2.77. The Hall–Kier alpha value is -1.91. The summed E-state index contributed by atoms with van der Waals surface area (Å²) in [6.07, 6.45) is 2.16. The predicted octanol–water partition coefficient (Wildman–Crippen LogP) is 7.63. The van der Waals surface area contributed by atoms with Crippen LogP contribution in [0.15, 0.2) is 66.7 Å². The van der Waals surface area contributed by atoms with Gasteiger partial charge in [0.05, 0.1) is 7.11 Å². The zero-order chi connectivity index (χ0) is 21.3. The summed E-state index contributed by atoms with van der Waals surface area (Å²) in [7, 11) is 1.65. The van der Waals surface area contributed by atoms with Crippen LogP contribution >= 0.6 is 35.6 Å². The molecule has 1 atom stereocenters. The minimum Gasteiger partial charge on any atom is -0.493 e. The second-order valence-electron chi connectivity index (χ2n) is 7.11. The molecule has 0 aliphatic carbocycles. The summed E-state index contributed by atoms with van der Waals surface area (Å²) < 4.78 is 11.7. The van der Waals surface area contributed by atoms with Crippen molar-refractivity contribution in [2.45, 2.75) is 39.0 Å². The summed E-state index contributed by atoms with van der Waals surface area (Å²) in [5.74, 6) is 1.42. The molecule has 0 aromatic heterocycles. The van der Waals surface area contributed by atoms with Crippen LogP contribution in [0.2, 0.25) is 10.0 Å². The number of hydrogen-bond donors (Lipinski definition) is 1. The molecule has 3 nitrogen and oxygen atoms in total. The summed E-state index contributed by atoms with van der Waals surface area (Å²) in [6, 6.07) is 22.2. The molecule has 0 heterocycles. The van der Waals surface area contributed by atoms with Crippen molar-refractivity contribution in [3.63, 3.8) is 0 Å². The van der Waals surface area contributed by atoms with Crippen molar-refractivity contribution < 1.29 is 9.47 Å². The van der Waals surface area contributed by atoms with Gasteiger partial charge in [-0.25, -0.2) is 0 Å². The lowest BCUT2D eigenvalue weighted by Crippen LogP contribution is -2.21. The summed E-state index contributed by atoms with van der Waals surface area (Å²) in [6.45, 7) is 3.20. The molecule has 0 saturated heterocycles. The van der Waals surface area contributed by atoms with E-state index in [-0.39, 0.29) is 18.4 Å². The summed E-state index contributed by atoms with van der Waals surface area (Å²) in [4.78, 5) is 0. The van der Waals surface area contributed by atoms with Crippen LogP contribution in [0, 0.1) is 0 Å². The molecule has 3 aromatic carbocycles. The molecule has 1 unspecified atom stereocenters. The Morgan fingerprint density at radius 3 is 2.39 bits per heavy atom. The van der Waals surface area contributed by atoms with Crippen LogP contribution in [-0.4, -0.2) is 7.11 Å². The van der Waals surface area contributed by atoms with E-state index in [1.54, 1.807) is 13.2 Å². The van der Waals surface area contributed by atoms with E-state index in [0.29, 0.717) is 28.9 Å². The lowest BCUT2D eigenvalue weighted by atomic mass is 10.0. The Kier molecular flexibility index (Phi) is 10.5. The molecule has 0 aliphatic heterocycles. The molecular weight excluding hydrogens is 453 g/mol. The maximum Gasteiger partial charge on any atom is 0.166 e. The van der Waals surface area contributed by atoms with Crippen molar-refractivity contribution in [3.05, 3.63) is 93.5 Å². The first-order valence-electron chi connectivity index (χ1n) is 10.1. The number of rotatable bonds is 10. The fourth-order valence-corrected chi connectivity index (χ4v) is 3.87. The van der Waals surface area contributed by atoms with Gasteiger partial charge in [0.2, 0.25) is 0 Å². The maximum atomic E-state index is 6.31. The van der Waals surface area contributed by atoms with Crippen LogP contribution < -0.4 is 14.8 Å². The number of nitrogens with one attached hydrogen (secondary N) is 1. The SMILES string of the molecule is CCCC(NCc1cccc(OC)c1OCc1ccc(Cl)cc1Cl)c1ccccc1.Cl. The summed E-state index contributed by atoms with van der Waals surface area (Å²) in [5, 5.41) is 4.88. The second-order valence-corrected chi connectivity index (χ2v) is 7.95. The normalized spacial score (nSPS) is 11.5. The number of methoxy groups -OCH3 is 1. The van der Waals surface area contributed by atoms with Gasteiger partial charge < -0.3 is 14.8 Å². The molecule has 0 spiro atoms. The van der Waals surface area contributed by atoms with Gasteiger partial charge in [0, 0.05) is 33.8 Å². The van der Waals surface area contributed by atoms with Crippen molar-refractivity contribution in [3.8, 4) is 11.5 Å². The van der Waals surface area contributed by atoms with Crippen LogP contribution in [0.3, 0.4) is 0 Å². The molecule has 166 valence electrons. The Bertz CT molecular complexity index is 951. The van der Waals surface area contributed by atoms with E-state index >= 15 is 0 Å². The highest BCUT2D eigenvalue weighted by molar-refractivity contribution is 6.35. The van der Waals surface area contributed by atoms with Gasteiger partial charge in [0.1, 0.15) is 6.61 Å². The van der Waals surface area contributed by atoms with E-state index in [9.17, 15) is 0 Å². The monoisotopic (exact) mass is 479 g/mol.